The molecule has 0 aliphatic rings. The van der Waals surface area contributed by atoms with Gasteiger partial charge in [-0.3, -0.25) is 0 Å². The Labute approximate surface area is 126 Å². The Morgan fingerprint density at radius 2 is 1.91 bits per heavy atom. The lowest BCUT2D eigenvalue weighted by Crippen LogP contribution is -1.95. The number of fused-ring (bicyclic) bond motifs is 1. The highest BCUT2D eigenvalue weighted by Crippen LogP contribution is 2.26. The lowest BCUT2D eigenvalue weighted by Gasteiger charge is -2.03. The van der Waals surface area contributed by atoms with Gasteiger partial charge in [-0.15, -0.1) is 0 Å². The van der Waals surface area contributed by atoms with Crippen molar-refractivity contribution < 1.29 is 0 Å². The van der Waals surface area contributed by atoms with Crippen molar-refractivity contribution in [1.82, 2.24) is 19.2 Å². The third kappa shape index (κ3) is 1.86. The second kappa shape index (κ2) is 4.86. The molecule has 1 aromatic carbocycles. The topological polar surface area (TPSA) is 58.9 Å². The van der Waals surface area contributed by atoms with Crippen molar-refractivity contribution in [3.05, 3.63) is 72.9 Å². The summed E-state index contributed by atoms with van der Waals surface area (Å²) in [6.45, 7) is 0. The van der Waals surface area contributed by atoms with Crippen molar-refractivity contribution >= 4 is 5.52 Å². The van der Waals surface area contributed by atoms with Gasteiger partial charge in [-0.25, -0.2) is 9.50 Å². The van der Waals surface area contributed by atoms with Crippen LogP contribution in [0.1, 0.15) is 5.69 Å². The molecule has 0 spiro atoms. The second-order valence-corrected chi connectivity index (χ2v) is 4.88. The molecule has 0 aliphatic heterocycles. The third-order valence-corrected chi connectivity index (χ3v) is 3.58. The van der Waals surface area contributed by atoms with Crippen LogP contribution in [0.2, 0.25) is 0 Å². The van der Waals surface area contributed by atoms with Gasteiger partial charge in [0.25, 0.3) is 0 Å². The predicted molar refractivity (Wildman–Crippen MR) is 82.5 cm³/mol. The van der Waals surface area contributed by atoms with Crippen LogP contribution >= 0.6 is 0 Å². The zero-order valence-electron chi connectivity index (χ0n) is 11.6. The molecule has 0 radical (unpaired) electrons. The number of hydrogen-bond donors (Lipinski definition) is 0. The van der Waals surface area contributed by atoms with Gasteiger partial charge in [0.05, 0.1) is 11.2 Å². The molecule has 0 bridgehead atoms. The average Bonchev–Trinajstić information content (AvgIpc) is 3.22. The Bertz CT molecular complexity index is 989. The van der Waals surface area contributed by atoms with E-state index in [-0.39, 0.29) is 0 Å². The number of hydrogen-bond acceptors (Lipinski definition) is 3. The Morgan fingerprint density at radius 1 is 1.05 bits per heavy atom. The fourth-order valence-corrected chi connectivity index (χ4v) is 2.57. The average molecular weight is 285 g/mol. The van der Waals surface area contributed by atoms with E-state index >= 15 is 0 Å². The van der Waals surface area contributed by atoms with E-state index in [4.69, 9.17) is 0 Å². The molecule has 5 nitrogen and oxygen atoms in total. The highest BCUT2D eigenvalue weighted by atomic mass is 15.2. The number of nitriles is 1. The van der Waals surface area contributed by atoms with Crippen LogP contribution in [0.4, 0.5) is 0 Å². The highest BCUT2D eigenvalue weighted by Gasteiger charge is 2.12. The Balaban J connectivity index is 1.93. The van der Waals surface area contributed by atoms with Gasteiger partial charge in [-0.2, -0.15) is 10.4 Å². The maximum atomic E-state index is 9.40. The molecule has 0 unspecified atom stereocenters. The summed E-state index contributed by atoms with van der Waals surface area (Å²) in [6.07, 6.45) is 5.33. The van der Waals surface area contributed by atoms with Crippen molar-refractivity contribution in [2.75, 3.05) is 0 Å². The summed E-state index contributed by atoms with van der Waals surface area (Å²) in [5, 5.41) is 13.6. The predicted octanol–water partition coefficient (Wildman–Crippen LogP) is 3.06. The minimum absolute atomic E-state index is 0.574. The zero-order chi connectivity index (χ0) is 14.9. The van der Waals surface area contributed by atoms with E-state index in [0.29, 0.717) is 5.69 Å². The summed E-state index contributed by atoms with van der Waals surface area (Å²) >= 11 is 0. The minimum atomic E-state index is 0.574. The molecule has 3 heterocycles. The van der Waals surface area contributed by atoms with E-state index in [2.05, 4.69) is 16.2 Å². The molecule has 0 saturated heterocycles. The summed E-state index contributed by atoms with van der Waals surface area (Å²) in [5.74, 6) is 0. The molecule has 0 aliphatic carbocycles. The molecule has 0 N–H and O–H groups in total. The number of rotatable bonds is 2. The van der Waals surface area contributed by atoms with Crippen LogP contribution in [0.5, 0.6) is 0 Å². The van der Waals surface area contributed by atoms with E-state index < -0.39 is 0 Å². The van der Waals surface area contributed by atoms with Gasteiger partial charge in [0.1, 0.15) is 18.1 Å². The SMILES string of the molecule is N#Cc1cc(-c2ncnn3cccc23)cn1-c1ccccc1. The first kappa shape index (κ1) is 12.4. The molecular formula is C17H11N5. The van der Waals surface area contributed by atoms with E-state index in [9.17, 15) is 5.26 Å². The molecule has 4 rings (SSSR count). The van der Waals surface area contributed by atoms with Gasteiger partial charge in [0.15, 0.2) is 0 Å². The minimum Gasteiger partial charge on any atom is -0.308 e. The van der Waals surface area contributed by atoms with E-state index in [1.54, 1.807) is 4.52 Å². The lowest BCUT2D eigenvalue weighted by molar-refractivity contribution is 0.906. The maximum Gasteiger partial charge on any atom is 0.137 e. The third-order valence-electron chi connectivity index (χ3n) is 3.58. The normalized spacial score (nSPS) is 10.7. The number of benzene rings is 1. The Kier molecular flexibility index (Phi) is 2.73. The van der Waals surface area contributed by atoms with Crippen LogP contribution in [-0.4, -0.2) is 19.2 Å². The Hall–Kier alpha value is -3.39. The molecule has 5 heteroatoms. The summed E-state index contributed by atoms with van der Waals surface area (Å²) < 4.78 is 3.64. The first-order chi connectivity index (χ1) is 10.9. The molecule has 0 atom stereocenters. The standard InChI is InChI=1S/C17H11N5/c18-10-15-9-13(11-21(15)14-5-2-1-3-6-14)17-16-7-4-8-22(16)20-12-19-17/h1-9,11-12H. The number of aromatic nitrogens is 4. The van der Waals surface area contributed by atoms with Crippen LogP contribution in [0.15, 0.2) is 67.3 Å². The van der Waals surface area contributed by atoms with Gasteiger partial charge < -0.3 is 4.57 Å². The van der Waals surface area contributed by atoms with Crippen LogP contribution in [0, 0.1) is 11.3 Å². The van der Waals surface area contributed by atoms with Crippen LogP contribution < -0.4 is 0 Å². The van der Waals surface area contributed by atoms with Crippen molar-refractivity contribution in [3.8, 4) is 23.0 Å². The summed E-state index contributed by atoms with van der Waals surface area (Å²) in [5.41, 5.74) is 4.14. The van der Waals surface area contributed by atoms with Gasteiger partial charge in [0.2, 0.25) is 0 Å². The largest absolute Gasteiger partial charge is 0.308 e. The van der Waals surface area contributed by atoms with Crippen molar-refractivity contribution in [3.63, 3.8) is 0 Å². The van der Waals surface area contributed by atoms with Crippen LogP contribution in [0.25, 0.3) is 22.5 Å². The quantitative estimate of drug-likeness (QED) is 0.568. The lowest BCUT2D eigenvalue weighted by atomic mass is 10.2. The first-order valence-corrected chi connectivity index (χ1v) is 6.83. The molecule has 0 saturated carbocycles. The van der Waals surface area contributed by atoms with E-state index in [0.717, 1.165) is 22.5 Å². The fourth-order valence-electron chi connectivity index (χ4n) is 2.57. The maximum absolute atomic E-state index is 9.40. The zero-order valence-corrected chi connectivity index (χ0v) is 11.6. The Morgan fingerprint density at radius 3 is 2.73 bits per heavy atom. The van der Waals surface area contributed by atoms with Gasteiger partial charge in [-0.05, 0) is 30.3 Å². The summed E-state index contributed by atoms with van der Waals surface area (Å²) in [7, 11) is 0. The molecule has 4 aromatic rings. The van der Waals surface area contributed by atoms with Crippen molar-refractivity contribution in [2.24, 2.45) is 0 Å². The van der Waals surface area contributed by atoms with Gasteiger partial charge in [-0.1, -0.05) is 18.2 Å². The van der Waals surface area contributed by atoms with Gasteiger partial charge in [0, 0.05) is 23.6 Å². The number of para-hydroxylation sites is 1. The van der Waals surface area contributed by atoms with Crippen molar-refractivity contribution in [1.29, 1.82) is 5.26 Å². The van der Waals surface area contributed by atoms with Gasteiger partial charge >= 0.3 is 0 Å². The smallest absolute Gasteiger partial charge is 0.137 e. The monoisotopic (exact) mass is 285 g/mol. The van der Waals surface area contributed by atoms with Crippen LogP contribution in [0.3, 0.4) is 0 Å². The molecular weight excluding hydrogens is 274 g/mol. The van der Waals surface area contributed by atoms with Crippen LogP contribution in [-0.2, 0) is 0 Å². The van der Waals surface area contributed by atoms with E-state index in [1.807, 2.05) is 65.5 Å². The number of nitrogens with zero attached hydrogens (tertiary/aromatic N) is 5. The van der Waals surface area contributed by atoms with Crippen molar-refractivity contribution in [2.45, 2.75) is 0 Å². The summed E-state index contributed by atoms with van der Waals surface area (Å²) in [6, 6.07) is 17.8. The highest BCUT2D eigenvalue weighted by molar-refractivity contribution is 5.77. The van der Waals surface area contributed by atoms with E-state index in [1.165, 1.54) is 6.33 Å². The molecule has 22 heavy (non-hydrogen) atoms. The molecule has 3 aromatic heterocycles. The second-order valence-electron chi connectivity index (χ2n) is 4.88. The summed E-state index contributed by atoms with van der Waals surface area (Å²) in [4.78, 5) is 4.38. The first-order valence-electron chi connectivity index (χ1n) is 6.83. The molecule has 104 valence electrons. The molecule has 0 fully saturated rings. The fraction of sp³-hybridized carbons (Fsp3) is 0. The molecule has 0 amide bonds.